The number of thiazole rings is 1. The summed E-state index contributed by atoms with van der Waals surface area (Å²) in [4.78, 5) is 16.3. The van der Waals surface area contributed by atoms with Crippen LogP contribution < -0.4 is 11.1 Å². The van der Waals surface area contributed by atoms with Gasteiger partial charge in [0.2, 0.25) is 0 Å². The Labute approximate surface area is 126 Å². The molecule has 1 aliphatic carbocycles. The predicted octanol–water partition coefficient (Wildman–Crippen LogP) is 1.97. The third-order valence-corrected chi connectivity index (χ3v) is 4.49. The molecule has 5 nitrogen and oxygen atoms in total. The first-order valence-corrected chi connectivity index (χ1v) is 7.76. The quantitative estimate of drug-likeness (QED) is 0.805. The van der Waals surface area contributed by atoms with Crippen LogP contribution in [0.1, 0.15) is 34.9 Å². The number of benzene rings is 1. The normalized spacial score (nSPS) is 22.3. The fraction of sp³-hybridized carbons (Fsp3) is 0.333. The molecule has 4 N–H and O–H groups in total. The van der Waals surface area contributed by atoms with Crippen molar-refractivity contribution in [1.29, 1.82) is 0 Å². The van der Waals surface area contributed by atoms with Crippen molar-refractivity contribution < 1.29 is 9.90 Å². The molecular weight excluding hydrogens is 286 g/mol. The number of nitrogens with one attached hydrogen (secondary N) is 1. The largest absolute Gasteiger partial charge is 0.393 e. The van der Waals surface area contributed by atoms with E-state index in [9.17, 15) is 9.90 Å². The molecule has 0 spiro atoms. The summed E-state index contributed by atoms with van der Waals surface area (Å²) in [6.45, 7) is 0. The van der Waals surface area contributed by atoms with Gasteiger partial charge in [-0.1, -0.05) is 30.3 Å². The zero-order valence-electron chi connectivity index (χ0n) is 11.4. The fourth-order valence-corrected chi connectivity index (χ4v) is 3.19. The van der Waals surface area contributed by atoms with Crippen molar-refractivity contribution in [1.82, 2.24) is 10.3 Å². The summed E-state index contributed by atoms with van der Waals surface area (Å²) in [5, 5.41) is 14.6. The number of nitrogens with zero attached hydrogens (tertiary/aromatic N) is 1. The second-order valence-corrected chi connectivity index (χ2v) is 6.21. The van der Waals surface area contributed by atoms with Gasteiger partial charge in [-0.2, -0.15) is 0 Å². The summed E-state index contributed by atoms with van der Waals surface area (Å²) >= 11 is 1.25. The number of nitrogen functional groups attached to an aromatic ring is 1. The molecule has 1 fully saturated rings. The molecule has 0 aliphatic heterocycles. The van der Waals surface area contributed by atoms with Gasteiger partial charge in [-0.05, 0) is 24.3 Å². The van der Waals surface area contributed by atoms with E-state index in [1.807, 2.05) is 30.3 Å². The van der Waals surface area contributed by atoms with Crippen LogP contribution >= 0.6 is 11.3 Å². The molecule has 110 valence electrons. The van der Waals surface area contributed by atoms with Crippen LogP contribution in [0.2, 0.25) is 0 Å². The zero-order valence-corrected chi connectivity index (χ0v) is 12.2. The summed E-state index contributed by atoms with van der Waals surface area (Å²) in [6, 6.07) is 9.72. The van der Waals surface area contributed by atoms with Crippen molar-refractivity contribution in [2.24, 2.45) is 5.92 Å². The van der Waals surface area contributed by atoms with Crippen molar-refractivity contribution >= 4 is 22.4 Å². The Bertz CT molecular complexity index is 623. The number of hydrogen-bond donors (Lipinski definition) is 3. The first-order valence-electron chi connectivity index (χ1n) is 6.88. The molecule has 1 aromatic heterocycles. The summed E-state index contributed by atoms with van der Waals surface area (Å²) in [5.74, 6) is 0.0283. The van der Waals surface area contributed by atoms with Gasteiger partial charge in [-0.15, -0.1) is 11.3 Å². The van der Waals surface area contributed by atoms with E-state index >= 15 is 0 Å². The van der Waals surface area contributed by atoms with E-state index in [-0.39, 0.29) is 24.0 Å². The predicted molar refractivity (Wildman–Crippen MR) is 81.9 cm³/mol. The number of aliphatic hydroxyl groups excluding tert-OH is 1. The summed E-state index contributed by atoms with van der Waals surface area (Å²) < 4.78 is 0. The van der Waals surface area contributed by atoms with Crippen LogP contribution in [-0.4, -0.2) is 22.1 Å². The zero-order chi connectivity index (χ0) is 14.8. The minimum absolute atomic E-state index is 0.106. The maximum absolute atomic E-state index is 12.3. The van der Waals surface area contributed by atoms with Gasteiger partial charge >= 0.3 is 0 Å². The number of anilines is 1. The van der Waals surface area contributed by atoms with Crippen LogP contribution in [0.15, 0.2) is 35.7 Å². The number of rotatable bonds is 4. The Hall–Kier alpha value is -1.92. The lowest BCUT2D eigenvalue weighted by Crippen LogP contribution is -2.41. The van der Waals surface area contributed by atoms with Gasteiger partial charge in [0.25, 0.3) is 5.91 Å². The third-order valence-electron chi connectivity index (χ3n) is 3.82. The molecule has 3 rings (SSSR count). The lowest BCUT2D eigenvalue weighted by atomic mass is 9.75. The van der Waals surface area contributed by atoms with E-state index in [1.54, 1.807) is 5.38 Å². The van der Waals surface area contributed by atoms with Gasteiger partial charge in [0.15, 0.2) is 5.13 Å². The van der Waals surface area contributed by atoms with Crippen LogP contribution in [0.3, 0.4) is 0 Å². The first-order chi connectivity index (χ1) is 10.1. The van der Waals surface area contributed by atoms with Crippen molar-refractivity contribution in [3.63, 3.8) is 0 Å². The molecule has 0 unspecified atom stereocenters. The van der Waals surface area contributed by atoms with Crippen LogP contribution in [-0.2, 0) is 0 Å². The van der Waals surface area contributed by atoms with Crippen LogP contribution in [0, 0.1) is 5.92 Å². The van der Waals surface area contributed by atoms with E-state index in [0.717, 1.165) is 5.56 Å². The van der Waals surface area contributed by atoms with E-state index in [1.165, 1.54) is 11.3 Å². The summed E-state index contributed by atoms with van der Waals surface area (Å²) in [7, 11) is 0. The highest BCUT2D eigenvalue weighted by Crippen LogP contribution is 2.38. The van der Waals surface area contributed by atoms with Crippen molar-refractivity contribution in [2.75, 3.05) is 5.73 Å². The van der Waals surface area contributed by atoms with Gasteiger partial charge in [0.05, 0.1) is 12.1 Å². The van der Waals surface area contributed by atoms with Gasteiger partial charge in [-0.3, -0.25) is 4.79 Å². The molecule has 0 bridgehead atoms. The van der Waals surface area contributed by atoms with Gasteiger partial charge < -0.3 is 16.2 Å². The van der Waals surface area contributed by atoms with E-state index in [4.69, 9.17) is 5.73 Å². The standard InChI is InChI=1S/C15H17N3O2S/c16-15-17-12(8-21-15)14(20)18-13(10-6-11(19)7-10)9-4-2-1-3-5-9/h1-5,8,10-11,13,19H,6-7H2,(H2,16,17)(H,18,20)/t10?,11?,13-/m1/s1. The maximum atomic E-state index is 12.3. The highest BCUT2D eigenvalue weighted by atomic mass is 32.1. The van der Waals surface area contributed by atoms with E-state index in [2.05, 4.69) is 10.3 Å². The van der Waals surface area contributed by atoms with Crippen LogP contribution in [0.4, 0.5) is 5.13 Å². The van der Waals surface area contributed by atoms with Gasteiger partial charge in [0, 0.05) is 5.38 Å². The second kappa shape index (κ2) is 5.83. The average molecular weight is 303 g/mol. The minimum atomic E-state index is -0.256. The molecule has 1 heterocycles. The van der Waals surface area contributed by atoms with E-state index < -0.39 is 0 Å². The topological polar surface area (TPSA) is 88.2 Å². The molecule has 2 aromatic rings. The molecule has 0 radical (unpaired) electrons. The van der Waals surface area contributed by atoms with Gasteiger partial charge in [-0.25, -0.2) is 4.98 Å². The monoisotopic (exact) mass is 303 g/mol. The molecule has 6 heteroatoms. The Morgan fingerprint density at radius 1 is 1.38 bits per heavy atom. The maximum Gasteiger partial charge on any atom is 0.271 e. The Morgan fingerprint density at radius 2 is 2.10 bits per heavy atom. The second-order valence-electron chi connectivity index (χ2n) is 5.32. The Morgan fingerprint density at radius 3 is 2.67 bits per heavy atom. The lowest BCUT2D eigenvalue weighted by molar-refractivity contribution is 0.0235. The lowest BCUT2D eigenvalue weighted by Gasteiger charge is -2.38. The molecule has 1 amide bonds. The first kappa shape index (κ1) is 14.0. The molecule has 21 heavy (non-hydrogen) atoms. The highest BCUT2D eigenvalue weighted by Gasteiger charge is 2.35. The summed E-state index contributed by atoms with van der Waals surface area (Å²) in [6.07, 6.45) is 1.16. The molecule has 1 aromatic carbocycles. The number of carbonyl (C=O) groups is 1. The van der Waals surface area contributed by atoms with Gasteiger partial charge in [0.1, 0.15) is 5.69 Å². The fourth-order valence-electron chi connectivity index (χ4n) is 2.64. The van der Waals surface area contributed by atoms with Crippen molar-refractivity contribution in [3.8, 4) is 0 Å². The third kappa shape index (κ3) is 3.06. The molecule has 1 aliphatic rings. The number of aromatic nitrogens is 1. The average Bonchev–Trinajstić information content (AvgIpc) is 2.89. The van der Waals surface area contributed by atoms with Crippen LogP contribution in [0.5, 0.6) is 0 Å². The number of aliphatic hydroxyl groups is 1. The molecule has 0 saturated heterocycles. The van der Waals surface area contributed by atoms with Crippen LogP contribution in [0.25, 0.3) is 0 Å². The Balaban J connectivity index is 1.78. The summed E-state index contributed by atoms with van der Waals surface area (Å²) in [5.41, 5.74) is 6.96. The smallest absolute Gasteiger partial charge is 0.271 e. The number of amides is 1. The molecular formula is C15H17N3O2S. The molecule has 1 saturated carbocycles. The number of nitrogens with two attached hydrogens (primary N) is 1. The van der Waals surface area contributed by atoms with Crippen molar-refractivity contribution in [3.05, 3.63) is 47.0 Å². The highest BCUT2D eigenvalue weighted by molar-refractivity contribution is 7.13. The molecule has 1 atom stereocenters. The minimum Gasteiger partial charge on any atom is -0.393 e. The number of carbonyl (C=O) groups excluding carboxylic acids is 1. The SMILES string of the molecule is Nc1nc(C(=O)N[C@H](c2ccccc2)C2CC(O)C2)cs1. The van der Waals surface area contributed by atoms with E-state index in [0.29, 0.717) is 23.7 Å². The number of hydrogen-bond acceptors (Lipinski definition) is 5. The Kier molecular flexibility index (Phi) is 3.90. The van der Waals surface area contributed by atoms with Crippen molar-refractivity contribution in [2.45, 2.75) is 25.0 Å².